The van der Waals surface area contributed by atoms with Crippen molar-refractivity contribution < 1.29 is 4.74 Å². The Hall–Kier alpha value is -4.64. The fourth-order valence-corrected chi connectivity index (χ4v) is 5.01. The van der Waals surface area contributed by atoms with Gasteiger partial charge in [0.05, 0.1) is 34.8 Å². The van der Waals surface area contributed by atoms with Gasteiger partial charge in [-0.15, -0.1) is 0 Å². The molecule has 0 saturated heterocycles. The summed E-state index contributed by atoms with van der Waals surface area (Å²) in [6.45, 7) is 0. The van der Waals surface area contributed by atoms with Gasteiger partial charge in [0, 0.05) is 17.3 Å². The third kappa shape index (κ3) is 3.32. The number of aromatic nitrogens is 3. The maximum absolute atomic E-state index is 6.42. The SMILES string of the molecule is C1=CC2Oc3ccccc3N(c3cccc(-n4ncc5ccccc54)c3)C2C=C1c1ccccn1. The van der Waals surface area contributed by atoms with Crippen molar-refractivity contribution in [3.8, 4) is 11.4 Å². The Morgan fingerprint density at radius 3 is 2.60 bits per heavy atom. The van der Waals surface area contributed by atoms with Gasteiger partial charge in [0.15, 0.2) is 0 Å². The standard InChI is InChI=1S/C30H22N4O/c1-2-12-26-22(8-1)20-32-34(26)24-10-7-9-23(19-24)33-27-13-3-4-14-29(27)35-30-16-15-21(18-28(30)33)25-11-5-6-17-31-25/h1-20,28,30H. The van der Waals surface area contributed by atoms with Crippen LogP contribution < -0.4 is 9.64 Å². The summed E-state index contributed by atoms with van der Waals surface area (Å²) in [7, 11) is 0. The Bertz CT molecular complexity index is 1600. The molecule has 5 nitrogen and oxygen atoms in total. The molecule has 2 aliphatic rings. The molecule has 168 valence electrons. The predicted octanol–water partition coefficient (Wildman–Crippen LogP) is 6.34. The highest BCUT2D eigenvalue weighted by atomic mass is 16.5. The van der Waals surface area contributed by atoms with Crippen molar-refractivity contribution in [2.45, 2.75) is 12.1 Å². The van der Waals surface area contributed by atoms with Crippen LogP contribution in [-0.4, -0.2) is 26.9 Å². The number of para-hydroxylation sites is 3. The summed E-state index contributed by atoms with van der Waals surface area (Å²) in [5, 5.41) is 5.79. The van der Waals surface area contributed by atoms with E-state index in [0.717, 1.165) is 45.0 Å². The molecule has 0 radical (unpaired) electrons. The molecule has 2 atom stereocenters. The van der Waals surface area contributed by atoms with Crippen molar-refractivity contribution in [3.05, 3.63) is 127 Å². The molecule has 0 amide bonds. The van der Waals surface area contributed by atoms with Crippen LogP contribution in [0.25, 0.3) is 22.2 Å². The summed E-state index contributed by atoms with van der Waals surface area (Å²) in [6, 6.07) is 31.0. The molecule has 35 heavy (non-hydrogen) atoms. The van der Waals surface area contributed by atoms with E-state index in [9.17, 15) is 0 Å². The highest BCUT2D eigenvalue weighted by molar-refractivity contribution is 5.82. The second-order valence-electron chi connectivity index (χ2n) is 8.74. The Balaban J connectivity index is 1.37. The molecule has 3 heterocycles. The Kier molecular flexibility index (Phi) is 4.52. The van der Waals surface area contributed by atoms with E-state index in [1.807, 2.05) is 59.5 Å². The molecule has 0 spiro atoms. The van der Waals surface area contributed by atoms with Crippen LogP contribution in [0.2, 0.25) is 0 Å². The van der Waals surface area contributed by atoms with Gasteiger partial charge in [-0.2, -0.15) is 5.10 Å². The zero-order valence-electron chi connectivity index (χ0n) is 18.9. The van der Waals surface area contributed by atoms with Crippen molar-refractivity contribution in [2.24, 2.45) is 0 Å². The van der Waals surface area contributed by atoms with Crippen LogP contribution in [0.15, 0.2) is 122 Å². The predicted molar refractivity (Wildman–Crippen MR) is 139 cm³/mol. The van der Waals surface area contributed by atoms with Gasteiger partial charge in [-0.3, -0.25) is 4.98 Å². The van der Waals surface area contributed by atoms with Crippen LogP contribution in [0, 0.1) is 0 Å². The Morgan fingerprint density at radius 1 is 0.800 bits per heavy atom. The normalized spacial score (nSPS) is 18.5. The summed E-state index contributed by atoms with van der Waals surface area (Å²) in [5.74, 6) is 0.878. The quantitative estimate of drug-likeness (QED) is 0.319. The molecule has 0 saturated carbocycles. The number of hydrogen-bond donors (Lipinski definition) is 0. The van der Waals surface area contributed by atoms with Crippen LogP contribution in [-0.2, 0) is 0 Å². The fraction of sp³-hybridized carbons (Fsp3) is 0.0667. The van der Waals surface area contributed by atoms with Crippen molar-refractivity contribution >= 4 is 27.9 Å². The van der Waals surface area contributed by atoms with Crippen LogP contribution in [0.4, 0.5) is 11.4 Å². The van der Waals surface area contributed by atoms with E-state index in [1.54, 1.807) is 0 Å². The summed E-state index contributed by atoms with van der Waals surface area (Å²) in [4.78, 5) is 6.93. The van der Waals surface area contributed by atoms with Crippen molar-refractivity contribution in [3.63, 3.8) is 0 Å². The minimum Gasteiger partial charge on any atom is -0.482 e. The summed E-state index contributed by atoms with van der Waals surface area (Å²) in [5.41, 5.74) is 6.28. The average molecular weight is 455 g/mol. The molecule has 0 N–H and O–H groups in total. The van der Waals surface area contributed by atoms with E-state index in [4.69, 9.17) is 4.74 Å². The molecule has 2 aromatic heterocycles. The second kappa shape index (κ2) is 7.99. The first-order chi connectivity index (χ1) is 17.3. The molecule has 5 aromatic rings. The zero-order chi connectivity index (χ0) is 23.2. The second-order valence-corrected chi connectivity index (χ2v) is 8.74. The van der Waals surface area contributed by atoms with E-state index < -0.39 is 0 Å². The third-order valence-corrected chi connectivity index (χ3v) is 6.63. The van der Waals surface area contributed by atoms with E-state index in [-0.39, 0.29) is 12.1 Å². The minimum absolute atomic E-state index is 0.0171. The highest BCUT2D eigenvalue weighted by Gasteiger charge is 2.36. The van der Waals surface area contributed by atoms with Crippen molar-refractivity contribution in [1.29, 1.82) is 0 Å². The molecule has 1 aliphatic heterocycles. The average Bonchev–Trinajstić information content (AvgIpc) is 3.36. The van der Waals surface area contributed by atoms with Crippen molar-refractivity contribution in [1.82, 2.24) is 14.8 Å². The summed E-state index contributed by atoms with van der Waals surface area (Å²) in [6.07, 6.45) is 10.2. The number of nitrogens with zero attached hydrogens (tertiary/aromatic N) is 4. The van der Waals surface area contributed by atoms with Crippen LogP contribution in [0.1, 0.15) is 5.69 Å². The van der Waals surface area contributed by atoms with Gasteiger partial charge in [-0.05, 0) is 66.3 Å². The van der Waals surface area contributed by atoms with Gasteiger partial charge in [-0.25, -0.2) is 4.68 Å². The first kappa shape index (κ1) is 19.8. The minimum atomic E-state index is -0.105. The van der Waals surface area contributed by atoms with Gasteiger partial charge in [-0.1, -0.05) is 48.5 Å². The first-order valence-electron chi connectivity index (χ1n) is 11.7. The first-order valence-corrected chi connectivity index (χ1v) is 11.7. The molecule has 3 aromatic carbocycles. The smallest absolute Gasteiger partial charge is 0.144 e. The molecular weight excluding hydrogens is 432 g/mol. The molecule has 5 heteroatoms. The summed E-state index contributed by atoms with van der Waals surface area (Å²) < 4.78 is 8.42. The number of hydrogen-bond acceptors (Lipinski definition) is 4. The number of rotatable bonds is 3. The highest BCUT2D eigenvalue weighted by Crippen LogP contribution is 2.44. The topological polar surface area (TPSA) is 43.2 Å². The van der Waals surface area contributed by atoms with E-state index in [2.05, 4.69) is 81.7 Å². The van der Waals surface area contributed by atoms with Gasteiger partial charge in [0.2, 0.25) is 0 Å². The van der Waals surface area contributed by atoms with E-state index >= 15 is 0 Å². The molecule has 0 fully saturated rings. The molecular formula is C30H22N4O. The maximum atomic E-state index is 6.42. The van der Waals surface area contributed by atoms with Crippen LogP contribution in [0.3, 0.4) is 0 Å². The summed E-state index contributed by atoms with van der Waals surface area (Å²) >= 11 is 0. The number of allylic oxidation sites excluding steroid dienone is 2. The largest absolute Gasteiger partial charge is 0.482 e. The Labute approximate surface area is 203 Å². The fourth-order valence-electron chi connectivity index (χ4n) is 5.01. The van der Waals surface area contributed by atoms with E-state index in [1.165, 1.54) is 0 Å². The lowest BCUT2D eigenvalue weighted by Gasteiger charge is -2.42. The number of pyridine rings is 1. The van der Waals surface area contributed by atoms with Gasteiger partial charge in [0.25, 0.3) is 0 Å². The lowest BCUT2D eigenvalue weighted by Crippen LogP contribution is -2.46. The van der Waals surface area contributed by atoms with E-state index in [0.29, 0.717) is 0 Å². The van der Waals surface area contributed by atoms with Gasteiger partial charge >= 0.3 is 0 Å². The molecule has 0 bridgehead atoms. The molecule has 1 aliphatic carbocycles. The number of benzene rings is 3. The monoisotopic (exact) mass is 454 g/mol. The number of fused-ring (bicyclic) bond motifs is 3. The molecule has 7 rings (SSSR count). The number of ether oxygens (including phenoxy) is 1. The Morgan fingerprint density at radius 2 is 1.66 bits per heavy atom. The van der Waals surface area contributed by atoms with Crippen molar-refractivity contribution in [2.75, 3.05) is 4.90 Å². The zero-order valence-corrected chi connectivity index (χ0v) is 18.9. The van der Waals surface area contributed by atoms with Gasteiger partial charge in [0.1, 0.15) is 11.9 Å². The number of anilines is 2. The molecule has 2 unspecified atom stereocenters. The van der Waals surface area contributed by atoms with Crippen LogP contribution in [0.5, 0.6) is 5.75 Å². The van der Waals surface area contributed by atoms with Gasteiger partial charge < -0.3 is 9.64 Å². The lowest BCUT2D eigenvalue weighted by molar-refractivity contribution is 0.218. The maximum Gasteiger partial charge on any atom is 0.144 e. The third-order valence-electron chi connectivity index (χ3n) is 6.63. The lowest BCUT2D eigenvalue weighted by atomic mass is 9.93. The van der Waals surface area contributed by atoms with Crippen LogP contribution >= 0.6 is 0 Å².